The van der Waals surface area contributed by atoms with Gasteiger partial charge in [-0.15, -0.1) is 0 Å². The highest BCUT2D eigenvalue weighted by Crippen LogP contribution is 2.13. The standard InChI is InChI=1S/C12H23NO.C2H6O2/c1-3-5-6-7-8-12-11-13(4-2)9-10-14-12;3-1-2-4/h4,12H,2-3,5-11H2,1H3;3-4H,1-2H2. The molecule has 0 aliphatic carbocycles. The summed E-state index contributed by atoms with van der Waals surface area (Å²) in [4.78, 5) is 2.26. The van der Waals surface area contributed by atoms with Crippen molar-refractivity contribution in [3.05, 3.63) is 12.8 Å². The van der Waals surface area contributed by atoms with Crippen LogP contribution in [0.25, 0.3) is 0 Å². The van der Waals surface area contributed by atoms with Crippen LogP contribution < -0.4 is 0 Å². The van der Waals surface area contributed by atoms with Gasteiger partial charge in [0, 0.05) is 13.1 Å². The van der Waals surface area contributed by atoms with Crippen molar-refractivity contribution in [1.82, 2.24) is 4.90 Å². The molecule has 0 saturated carbocycles. The maximum absolute atomic E-state index is 7.62. The number of nitrogens with zero attached hydrogens (tertiary/aromatic N) is 1. The molecular formula is C14H29NO3. The van der Waals surface area contributed by atoms with E-state index < -0.39 is 0 Å². The average Bonchev–Trinajstić information content (AvgIpc) is 2.44. The van der Waals surface area contributed by atoms with Crippen LogP contribution in [0.3, 0.4) is 0 Å². The van der Waals surface area contributed by atoms with Gasteiger partial charge in [0.25, 0.3) is 0 Å². The van der Waals surface area contributed by atoms with E-state index in [1.165, 1.54) is 32.1 Å². The minimum absolute atomic E-state index is 0.125. The highest BCUT2D eigenvalue weighted by atomic mass is 16.5. The lowest BCUT2D eigenvalue weighted by Crippen LogP contribution is -2.39. The largest absolute Gasteiger partial charge is 0.394 e. The SMILES string of the molecule is C=CN1CCOC(CCCCCC)C1.OCCO. The number of aliphatic hydroxyl groups is 2. The van der Waals surface area contributed by atoms with Gasteiger partial charge in [0.05, 0.1) is 25.9 Å². The number of hydrogen-bond donors (Lipinski definition) is 2. The van der Waals surface area contributed by atoms with Crippen molar-refractivity contribution in [2.75, 3.05) is 32.9 Å². The number of hydrogen-bond acceptors (Lipinski definition) is 4. The van der Waals surface area contributed by atoms with E-state index in [0.717, 1.165) is 19.7 Å². The average molecular weight is 259 g/mol. The summed E-state index contributed by atoms with van der Waals surface area (Å²) in [6.45, 7) is 8.71. The number of aliphatic hydroxyl groups excluding tert-OH is 2. The lowest BCUT2D eigenvalue weighted by Gasteiger charge is -2.31. The van der Waals surface area contributed by atoms with Crippen molar-refractivity contribution in [3.8, 4) is 0 Å². The van der Waals surface area contributed by atoms with E-state index in [9.17, 15) is 0 Å². The van der Waals surface area contributed by atoms with Gasteiger partial charge in [-0.3, -0.25) is 0 Å². The zero-order valence-electron chi connectivity index (χ0n) is 11.7. The fourth-order valence-corrected chi connectivity index (χ4v) is 1.88. The van der Waals surface area contributed by atoms with Gasteiger partial charge in [0.1, 0.15) is 0 Å². The minimum Gasteiger partial charge on any atom is -0.394 e. The quantitative estimate of drug-likeness (QED) is 0.684. The lowest BCUT2D eigenvalue weighted by molar-refractivity contribution is -0.0174. The van der Waals surface area contributed by atoms with Gasteiger partial charge >= 0.3 is 0 Å². The molecular weight excluding hydrogens is 230 g/mol. The first-order valence-corrected chi connectivity index (χ1v) is 6.98. The number of unbranched alkanes of at least 4 members (excludes halogenated alkanes) is 3. The Labute approximate surface area is 111 Å². The predicted octanol–water partition coefficient (Wildman–Crippen LogP) is 1.77. The van der Waals surface area contributed by atoms with Crippen molar-refractivity contribution >= 4 is 0 Å². The van der Waals surface area contributed by atoms with E-state index in [4.69, 9.17) is 14.9 Å². The summed E-state index contributed by atoms with van der Waals surface area (Å²) in [6.07, 6.45) is 8.92. The molecule has 0 spiro atoms. The molecule has 108 valence electrons. The van der Waals surface area contributed by atoms with Crippen molar-refractivity contribution in [3.63, 3.8) is 0 Å². The Morgan fingerprint density at radius 2 is 2.00 bits per heavy atom. The molecule has 0 amide bonds. The Balaban J connectivity index is 0.000000631. The zero-order valence-corrected chi connectivity index (χ0v) is 11.7. The minimum atomic E-state index is -0.125. The molecule has 1 aliphatic heterocycles. The Morgan fingerprint density at radius 3 is 2.56 bits per heavy atom. The first-order chi connectivity index (χ1) is 8.78. The van der Waals surface area contributed by atoms with E-state index in [1.54, 1.807) is 0 Å². The molecule has 4 heteroatoms. The summed E-state index contributed by atoms with van der Waals surface area (Å²) >= 11 is 0. The predicted molar refractivity (Wildman–Crippen MR) is 74.4 cm³/mol. The summed E-state index contributed by atoms with van der Waals surface area (Å²) in [5, 5.41) is 15.2. The van der Waals surface area contributed by atoms with Gasteiger partial charge in [-0.05, 0) is 12.6 Å². The molecule has 18 heavy (non-hydrogen) atoms. The van der Waals surface area contributed by atoms with Gasteiger partial charge < -0.3 is 19.8 Å². The van der Waals surface area contributed by atoms with Gasteiger partial charge in [0.15, 0.2) is 0 Å². The molecule has 1 heterocycles. The van der Waals surface area contributed by atoms with Crippen LogP contribution in [0.2, 0.25) is 0 Å². The molecule has 1 unspecified atom stereocenters. The molecule has 1 saturated heterocycles. The topological polar surface area (TPSA) is 52.9 Å². The van der Waals surface area contributed by atoms with Crippen LogP contribution in [-0.4, -0.2) is 54.1 Å². The highest BCUT2D eigenvalue weighted by Gasteiger charge is 2.16. The maximum atomic E-state index is 7.62. The first-order valence-electron chi connectivity index (χ1n) is 6.98. The molecule has 1 fully saturated rings. The fraction of sp³-hybridized carbons (Fsp3) is 0.857. The number of rotatable bonds is 7. The summed E-state index contributed by atoms with van der Waals surface area (Å²) in [5.41, 5.74) is 0. The Bertz CT molecular complexity index is 186. The molecule has 0 radical (unpaired) electrons. The van der Waals surface area contributed by atoms with E-state index in [2.05, 4.69) is 18.4 Å². The molecule has 0 bridgehead atoms. The molecule has 0 aromatic carbocycles. The van der Waals surface area contributed by atoms with Crippen molar-refractivity contribution < 1.29 is 14.9 Å². The normalized spacial score (nSPS) is 19.1. The molecule has 2 N–H and O–H groups in total. The summed E-state index contributed by atoms with van der Waals surface area (Å²) in [7, 11) is 0. The second kappa shape index (κ2) is 12.9. The molecule has 0 aromatic heterocycles. The van der Waals surface area contributed by atoms with Crippen LogP contribution in [0, 0.1) is 0 Å². The second-order valence-electron chi connectivity index (χ2n) is 4.47. The van der Waals surface area contributed by atoms with E-state index in [1.807, 2.05) is 6.20 Å². The van der Waals surface area contributed by atoms with Crippen LogP contribution in [0.5, 0.6) is 0 Å². The van der Waals surface area contributed by atoms with E-state index in [0.29, 0.717) is 6.10 Å². The summed E-state index contributed by atoms with van der Waals surface area (Å²) in [5.74, 6) is 0. The first kappa shape index (κ1) is 17.4. The smallest absolute Gasteiger partial charge is 0.0750 e. The summed E-state index contributed by atoms with van der Waals surface area (Å²) < 4.78 is 5.70. The third-order valence-corrected chi connectivity index (χ3v) is 2.91. The van der Waals surface area contributed by atoms with Crippen LogP contribution in [0.4, 0.5) is 0 Å². The van der Waals surface area contributed by atoms with Crippen molar-refractivity contribution in [2.24, 2.45) is 0 Å². The van der Waals surface area contributed by atoms with Crippen LogP contribution in [-0.2, 0) is 4.74 Å². The monoisotopic (exact) mass is 259 g/mol. The second-order valence-corrected chi connectivity index (χ2v) is 4.47. The molecule has 1 rings (SSSR count). The third-order valence-electron chi connectivity index (χ3n) is 2.91. The Kier molecular flexibility index (Phi) is 12.5. The van der Waals surface area contributed by atoms with Crippen LogP contribution in [0.1, 0.15) is 39.0 Å². The van der Waals surface area contributed by atoms with Crippen LogP contribution >= 0.6 is 0 Å². The van der Waals surface area contributed by atoms with Crippen molar-refractivity contribution in [1.29, 1.82) is 0 Å². The maximum Gasteiger partial charge on any atom is 0.0750 e. The molecule has 1 atom stereocenters. The van der Waals surface area contributed by atoms with Gasteiger partial charge in [-0.2, -0.15) is 0 Å². The molecule has 0 aromatic rings. The van der Waals surface area contributed by atoms with E-state index >= 15 is 0 Å². The molecule has 4 nitrogen and oxygen atoms in total. The number of ether oxygens (including phenoxy) is 1. The molecule has 1 aliphatic rings. The zero-order chi connectivity index (χ0) is 13.6. The Hall–Kier alpha value is -0.580. The van der Waals surface area contributed by atoms with Gasteiger partial charge in [0.2, 0.25) is 0 Å². The summed E-state index contributed by atoms with van der Waals surface area (Å²) in [6, 6.07) is 0. The van der Waals surface area contributed by atoms with Crippen molar-refractivity contribution in [2.45, 2.75) is 45.1 Å². The number of morpholine rings is 1. The van der Waals surface area contributed by atoms with Crippen LogP contribution in [0.15, 0.2) is 12.8 Å². The fourth-order valence-electron chi connectivity index (χ4n) is 1.88. The van der Waals surface area contributed by atoms with E-state index in [-0.39, 0.29) is 13.2 Å². The third kappa shape index (κ3) is 9.45. The highest BCUT2D eigenvalue weighted by molar-refractivity contribution is 4.78. The Morgan fingerprint density at radius 1 is 1.28 bits per heavy atom. The van der Waals surface area contributed by atoms with Gasteiger partial charge in [-0.1, -0.05) is 39.2 Å². The van der Waals surface area contributed by atoms with Gasteiger partial charge in [-0.25, -0.2) is 0 Å². The lowest BCUT2D eigenvalue weighted by atomic mass is 10.1.